The highest BCUT2D eigenvalue weighted by Crippen LogP contribution is 2.31. The van der Waals surface area contributed by atoms with Crippen molar-refractivity contribution in [2.24, 2.45) is 0 Å². The number of hydrogen-bond acceptors (Lipinski definition) is 3. The average Bonchev–Trinajstić information content (AvgIpc) is 2.74. The number of ether oxygens (including phenoxy) is 1. The first-order chi connectivity index (χ1) is 6.92. The monoisotopic (exact) mass is 213 g/mol. The van der Waals surface area contributed by atoms with Gasteiger partial charge in [0.15, 0.2) is 0 Å². The van der Waals surface area contributed by atoms with E-state index < -0.39 is 0 Å². The van der Waals surface area contributed by atoms with Crippen LogP contribution in [0.1, 0.15) is 25.7 Å². The van der Waals surface area contributed by atoms with Crippen LogP contribution >= 0.6 is 11.8 Å². The summed E-state index contributed by atoms with van der Waals surface area (Å²) >= 11 is 2.10. The van der Waals surface area contributed by atoms with Crippen LogP contribution in [0.4, 0.5) is 0 Å². The topological polar surface area (TPSA) is 21.3 Å². The van der Waals surface area contributed by atoms with E-state index in [1.165, 1.54) is 30.8 Å². The zero-order valence-corrected chi connectivity index (χ0v) is 9.61. The van der Waals surface area contributed by atoms with Gasteiger partial charge in [-0.15, -0.1) is 0 Å². The largest absolute Gasteiger partial charge is 0.496 e. The molecule has 1 N–H and O–H groups in total. The Morgan fingerprint density at radius 3 is 3.07 bits per heavy atom. The molecular formula is C11H19NOS. The molecular weight excluding hydrogens is 194 g/mol. The van der Waals surface area contributed by atoms with Crippen LogP contribution in [0.15, 0.2) is 11.8 Å². The lowest BCUT2D eigenvalue weighted by Gasteiger charge is -2.29. The van der Waals surface area contributed by atoms with E-state index in [-0.39, 0.29) is 0 Å². The minimum atomic E-state index is 0.447. The second-order valence-electron chi connectivity index (χ2n) is 3.92. The molecule has 2 heterocycles. The van der Waals surface area contributed by atoms with Crippen molar-refractivity contribution in [1.82, 2.24) is 5.32 Å². The van der Waals surface area contributed by atoms with Crippen LogP contribution in [0.25, 0.3) is 0 Å². The Bertz CT molecular complexity index is 211. The SMILES string of the molecule is CNC(C1=CCCO1)C1CCCCS1. The lowest BCUT2D eigenvalue weighted by molar-refractivity contribution is 0.214. The third-order valence-corrected chi connectivity index (χ3v) is 4.40. The normalized spacial score (nSPS) is 29.5. The summed E-state index contributed by atoms with van der Waals surface area (Å²) in [5, 5.41) is 4.12. The molecule has 2 aliphatic heterocycles. The summed E-state index contributed by atoms with van der Waals surface area (Å²) in [6.07, 6.45) is 7.43. The first kappa shape index (κ1) is 10.4. The molecule has 0 aliphatic carbocycles. The summed E-state index contributed by atoms with van der Waals surface area (Å²) in [5.41, 5.74) is 0. The highest BCUT2D eigenvalue weighted by atomic mass is 32.2. The van der Waals surface area contributed by atoms with Crippen LogP contribution in [0.3, 0.4) is 0 Å². The molecule has 0 amide bonds. The van der Waals surface area contributed by atoms with E-state index in [1.807, 2.05) is 7.05 Å². The molecule has 14 heavy (non-hydrogen) atoms. The molecule has 0 aromatic heterocycles. The quantitative estimate of drug-likeness (QED) is 0.776. The maximum absolute atomic E-state index is 5.64. The second kappa shape index (κ2) is 5.08. The van der Waals surface area contributed by atoms with Gasteiger partial charge in [0.25, 0.3) is 0 Å². The zero-order chi connectivity index (χ0) is 9.80. The predicted molar refractivity (Wildman–Crippen MR) is 61.6 cm³/mol. The van der Waals surface area contributed by atoms with Crippen molar-refractivity contribution in [3.63, 3.8) is 0 Å². The molecule has 2 unspecified atom stereocenters. The first-order valence-corrected chi connectivity index (χ1v) is 6.58. The Balaban J connectivity index is 1.96. The Labute approximate surface area is 90.5 Å². The third-order valence-electron chi connectivity index (χ3n) is 2.94. The molecule has 80 valence electrons. The minimum absolute atomic E-state index is 0.447. The fourth-order valence-electron chi connectivity index (χ4n) is 2.19. The van der Waals surface area contributed by atoms with E-state index in [9.17, 15) is 0 Å². The Morgan fingerprint density at radius 2 is 2.50 bits per heavy atom. The molecule has 1 saturated heterocycles. The molecule has 0 aromatic rings. The third kappa shape index (κ3) is 2.26. The lowest BCUT2D eigenvalue weighted by Crippen LogP contribution is -2.39. The summed E-state index contributed by atoms with van der Waals surface area (Å²) < 4.78 is 5.64. The van der Waals surface area contributed by atoms with Gasteiger partial charge in [-0.1, -0.05) is 6.42 Å². The van der Waals surface area contributed by atoms with Gasteiger partial charge < -0.3 is 10.1 Å². The highest BCUT2D eigenvalue weighted by molar-refractivity contribution is 8.00. The van der Waals surface area contributed by atoms with E-state index in [2.05, 4.69) is 23.2 Å². The van der Waals surface area contributed by atoms with Gasteiger partial charge in [-0.3, -0.25) is 0 Å². The van der Waals surface area contributed by atoms with Crippen LogP contribution in [0.2, 0.25) is 0 Å². The summed E-state index contributed by atoms with van der Waals surface area (Å²) in [6.45, 7) is 0.880. The van der Waals surface area contributed by atoms with Crippen LogP contribution in [0.5, 0.6) is 0 Å². The molecule has 2 atom stereocenters. The molecule has 2 nitrogen and oxygen atoms in total. The van der Waals surface area contributed by atoms with Crippen molar-refractivity contribution < 1.29 is 4.74 Å². The molecule has 0 radical (unpaired) electrons. The number of likely N-dealkylation sites (N-methyl/N-ethyl adjacent to an activating group) is 1. The molecule has 3 heteroatoms. The van der Waals surface area contributed by atoms with Crippen LogP contribution in [0, 0.1) is 0 Å². The molecule has 0 spiro atoms. The standard InChI is InChI=1S/C11H19NOS/c1-12-11(9-5-4-7-13-9)10-6-2-3-8-14-10/h5,10-12H,2-4,6-8H2,1H3. The predicted octanol–water partition coefficient (Wildman–Crippen LogP) is 2.16. The maximum Gasteiger partial charge on any atom is 0.110 e. The Hall–Kier alpha value is -0.150. The van der Waals surface area contributed by atoms with Gasteiger partial charge in [0.1, 0.15) is 5.76 Å². The van der Waals surface area contributed by atoms with Gasteiger partial charge in [-0.05, 0) is 31.7 Å². The summed E-state index contributed by atoms with van der Waals surface area (Å²) in [4.78, 5) is 0. The van der Waals surface area contributed by atoms with Gasteiger partial charge in [-0.25, -0.2) is 0 Å². The van der Waals surface area contributed by atoms with Crippen molar-refractivity contribution >= 4 is 11.8 Å². The molecule has 2 rings (SSSR count). The molecule has 1 fully saturated rings. The van der Waals surface area contributed by atoms with Gasteiger partial charge in [0.2, 0.25) is 0 Å². The molecule has 0 saturated carbocycles. The van der Waals surface area contributed by atoms with Gasteiger partial charge >= 0.3 is 0 Å². The van der Waals surface area contributed by atoms with E-state index in [0.29, 0.717) is 6.04 Å². The Morgan fingerprint density at radius 1 is 1.57 bits per heavy atom. The van der Waals surface area contributed by atoms with Crippen LogP contribution in [-0.2, 0) is 4.74 Å². The summed E-state index contributed by atoms with van der Waals surface area (Å²) in [7, 11) is 2.04. The van der Waals surface area contributed by atoms with Crippen molar-refractivity contribution in [3.8, 4) is 0 Å². The van der Waals surface area contributed by atoms with Gasteiger partial charge in [0.05, 0.1) is 12.6 Å². The van der Waals surface area contributed by atoms with Gasteiger partial charge in [-0.2, -0.15) is 11.8 Å². The first-order valence-electron chi connectivity index (χ1n) is 5.53. The Kier molecular flexibility index (Phi) is 3.76. The smallest absolute Gasteiger partial charge is 0.110 e. The van der Waals surface area contributed by atoms with Crippen LogP contribution in [-0.4, -0.2) is 30.7 Å². The molecule has 0 aromatic carbocycles. The molecule has 0 bridgehead atoms. The van der Waals surface area contributed by atoms with Gasteiger partial charge in [0, 0.05) is 11.7 Å². The highest BCUT2D eigenvalue weighted by Gasteiger charge is 2.28. The van der Waals surface area contributed by atoms with Crippen molar-refractivity contribution in [1.29, 1.82) is 0 Å². The van der Waals surface area contributed by atoms with Crippen molar-refractivity contribution in [2.75, 3.05) is 19.4 Å². The second-order valence-corrected chi connectivity index (χ2v) is 5.26. The number of thioether (sulfide) groups is 1. The van der Waals surface area contributed by atoms with Crippen molar-refractivity contribution in [2.45, 2.75) is 37.0 Å². The van der Waals surface area contributed by atoms with E-state index in [4.69, 9.17) is 4.74 Å². The number of hydrogen-bond donors (Lipinski definition) is 1. The summed E-state index contributed by atoms with van der Waals surface area (Å²) in [5.74, 6) is 2.50. The zero-order valence-electron chi connectivity index (χ0n) is 8.79. The number of nitrogens with one attached hydrogen (secondary N) is 1. The number of rotatable bonds is 3. The fourth-order valence-corrected chi connectivity index (χ4v) is 3.66. The maximum atomic E-state index is 5.64. The minimum Gasteiger partial charge on any atom is -0.496 e. The van der Waals surface area contributed by atoms with E-state index in [1.54, 1.807) is 0 Å². The molecule has 2 aliphatic rings. The fraction of sp³-hybridized carbons (Fsp3) is 0.818. The lowest BCUT2D eigenvalue weighted by atomic mass is 10.1. The summed E-state index contributed by atoms with van der Waals surface area (Å²) in [6, 6.07) is 0.447. The van der Waals surface area contributed by atoms with E-state index >= 15 is 0 Å². The van der Waals surface area contributed by atoms with E-state index in [0.717, 1.165) is 18.3 Å². The average molecular weight is 213 g/mol. The van der Waals surface area contributed by atoms with Crippen LogP contribution < -0.4 is 5.32 Å². The van der Waals surface area contributed by atoms with Crippen molar-refractivity contribution in [3.05, 3.63) is 11.8 Å².